The van der Waals surface area contributed by atoms with Gasteiger partial charge >= 0.3 is 7.82 Å². The van der Waals surface area contributed by atoms with Gasteiger partial charge in [-0.25, -0.2) is 4.62 Å². The maximum Gasteiger partial charge on any atom is 0.336 e. The van der Waals surface area contributed by atoms with Crippen molar-refractivity contribution in [1.82, 2.24) is 5.06 Å². The smallest absolute Gasteiger partial charge is 0.336 e. The number of hydroxylamine groups is 2. The van der Waals surface area contributed by atoms with Gasteiger partial charge in [0.15, 0.2) is 0 Å². The Kier molecular flexibility index (Phi) is 6.34. The van der Waals surface area contributed by atoms with E-state index in [1.165, 1.54) is 12.8 Å². The van der Waals surface area contributed by atoms with Crippen LogP contribution in [0.2, 0.25) is 0 Å². The fourth-order valence-corrected chi connectivity index (χ4v) is 4.76. The van der Waals surface area contributed by atoms with Crippen LogP contribution in [0, 0.1) is 0 Å². The molecule has 6 heteroatoms. The highest BCUT2D eigenvalue weighted by Crippen LogP contribution is 2.44. The molecule has 0 heterocycles. The molecule has 0 bridgehead atoms. The minimum atomic E-state index is -4.43. The van der Waals surface area contributed by atoms with Gasteiger partial charge in [0.1, 0.15) is 5.75 Å². The Balaban J connectivity index is 1.70. The number of rotatable bonds is 6. The van der Waals surface area contributed by atoms with E-state index in [4.69, 9.17) is 9.15 Å². The molecule has 0 spiro atoms. The molecule has 2 aliphatic rings. The average Bonchev–Trinajstić information content (AvgIpc) is 2.62. The van der Waals surface area contributed by atoms with Gasteiger partial charge in [0, 0.05) is 12.1 Å². The van der Waals surface area contributed by atoms with Crippen LogP contribution in [0.15, 0.2) is 30.3 Å². The molecule has 2 fully saturated rings. The molecule has 2 saturated carbocycles. The van der Waals surface area contributed by atoms with Crippen molar-refractivity contribution in [2.75, 3.05) is 0 Å². The second kappa shape index (κ2) is 8.48. The monoisotopic (exact) mass is 352 g/mol. The van der Waals surface area contributed by atoms with E-state index in [0.717, 1.165) is 51.4 Å². The van der Waals surface area contributed by atoms with Gasteiger partial charge in [-0.3, -0.25) is 4.57 Å². The first-order chi connectivity index (χ1) is 11.6. The Morgan fingerprint density at radius 1 is 0.875 bits per heavy atom. The first-order valence-corrected chi connectivity index (χ1v) is 10.6. The van der Waals surface area contributed by atoms with Gasteiger partial charge in [-0.1, -0.05) is 56.7 Å². The molecule has 0 N–H and O–H groups in total. The lowest BCUT2D eigenvalue weighted by Gasteiger charge is -2.42. The van der Waals surface area contributed by atoms with Gasteiger partial charge in [-0.05, 0) is 37.8 Å². The van der Waals surface area contributed by atoms with E-state index >= 15 is 0 Å². The summed E-state index contributed by atoms with van der Waals surface area (Å²) in [5.41, 5.74) is 0. The fourth-order valence-electron chi connectivity index (χ4n) is 3.85. The maximum absolute atomic E-state index is 12.4. The second-order valence-electron chi connectivity index (χ2n) is 6.88. The molecule has 2 aliphatic carbocycles. The summed E-state index contributed by atoms with van der Waals surface area (Å²) < 4.78 is 23.1. The molecule has 0 saturated heterocycles. The molecule has 1 aromatic carbocycles. The minimum Gasteiger partial charge on any atom is -0.745 e. The molecule has 1 atom stereocenters. The van der Waals surface area contributed by atoms with Crippen LogP contribution in [0.25, 0.3) is 0 Å². The summed E-state index contributed by atoms with van der Waals surface area (Å²) in [6.07, 6.45) is 11.0. The van der Waals surface area contributed by atoms with Crippen LogP contribution in [0.4, 0.5) is 0 Å². The van der Waals surface area contributed by atoms with E-state index in [0.29, 0.717) is 5.75 Å². The number of benzene rings is 1. The molecule has 3 rings (SSSR count). The van der Waals surface area contributed by atoms with Crippen LogP contribution in [0.1, 0.15) is 64.2 Å². The normalized spacial score (nSPS) is 23.1. The van der Waals surface area contributed by atoms with E-state index in [1.807, 2.05) is 6.07 Å². The lowest BCUT2D eigenvalue weighted by molar-refractivity contribution is -0.264. The molecular weight excluding hydrogens is 325 g/mol. The quantitative estimate of drug-likeness (QED) is 0.560. The lowest BCUT2D eigenvalue weighted by Crippen LogP contribution is -2.45. The van der Waals surface area contributed by atoms with Gasteiger partial charge in [-0.15, -0.1) is 0 Å². The maximum atomic E-state index is 12.4. The Labute approximate surface area is 144 Å². The summed E-state index contributed by atoms with van der Waals surface area (Å²) in [5, 5.41) is 1.77. The molecule has 0 aliphatic heterocycles. The summed E-state index contributed by atoms with van der Waals surface area (Å²) in [5.74, 6) is 0.295. The summed E-state index contributed by atoms with van der Waals surface area (Å²) in [6.45, 7) is 0. The van der Waals surface area contributed by atoms with Gasteiger partial charge in [0.25, 0.3) is 0 Å². The van der Waals surface area contributed by atoms with Gasteiger partial charge in [-0.2, -0.15) is 5.06 Å². The Hall–Kier alpha value is -0.870. The van der Waals surface area contributed by atoms with Crippen molar-refractivity contribution in [3.63, 3.8) is 0 Å². The molecule has 1 unspecified atom stereocenters. The van der Waals surface area contributed by atoms with Gasteiger partial charge in [0.2, 0.25) is 0 Å². The molecular formula is C18H27NO4P-. The highest BCUT2D eigenvalue weighted by molar-refractivity contribution is 7.46. The van der Waals surface area contributed by atoms with E-state index in [1.54, 1.807) is 29.3 Å². The zero-order valence-electron chi connectivity index (χ0n) is 14.1. The largest absolute Gasteiger partial charge is 0.745 e. The molecule has 1 aromatic rings. The Bertz CT molecular complexity index is 523. The van der Waals surface area contributed by atoms with Crippen LogP contribution < -0.4 is 9.42 Å². The van der Waals surface area contributed by atoms with E-state index in [2.05, 4.69) is 0 Å². The standard InChI is InChI=1S/C18H28NO4P/c20-24(21,22-18-14-8-3-9-15-18)23-19(16-10-4-1-5-11-16)17-12-6-2-7-13-17/h3,8-9,14-17H,1-2,4-7,10-13H2,(H,20,21)/p-1. The average molecular weight is 352 g/mol. The third kappa shape index (κ3) is 5.06. The molecule has 0 radical (unpaired) electrons. The summed E-state index contributed by atoms with van der Waals surface area (Å²) >= 11 is 0. The summed E-state index contributed by atoms with van der Waals surface area (Å²) in [7, 11) is -4.43. The molecule has 0 aromatic heterocycles. The van der Waals surface area contributed by atoms with Crippen LogP contribution in [0.5, 0.6) is 5.75 Å². The van der Waals surface area contributed by atoms with Crippen LogP contribution in [-0.4, -0.2) is 17.1 Å². The van der Waals surface area contributed by atoms with Crippen LogP contribution in [0.3, 0.4) is 0 Å². The number of para-hydroxylation sites is 1. The first-order valence-electron chi connectivity index (χ1n) is 9.18. The van der Waals surface area contributed by atoms with Crippen molar-refractivity contribution in [2.24, 2.45) is 0 Å². The number of phosphoric acid groups is 1. The zero-order valence-corrected chi connectivity index (χ0v) is 15.0. The SMILES string of the molecule is O=P([O-])(Oc1ccccc1)ON(C1CCCCC1)C1CCCCC1. The number of hydrogen-bond acceptors (Lipinski definition) is 5. The first kappa shape index (κ1) is 17.9. The van der Waals surface area contributed by atoms with Gasteiger partial charge < -0.3 is 9.42 Å². The molecule has 134 valence electrons. The predicted molar refractivity (Wildman–Crippen MR) is 91.3 cm³/mol. The summed E-state index contributed by atoms with van der Waals surface area (Å²) in [4.78, 5) is 12.4. The topological polar surface area (TPSA) is 61.8 Å². The number of hydrogen-bond donors (Lipinski definition) is 0. The van der Waals surface area contributed by atoms with Gasteiger partial charge in [0.05, 0.1) is 0 Å². The summed E-state index contributed by atoms with van der Waals surface area (Å²) in [6, 6.07) is 8.93. The van der Waals surface area contributed by atoms with E-state index in [-0.39, 0.29) is 12.1 Å². The highest BCUT2D eigenvalue weighted by Gasteiger charge is 2.33. The zero-order chi connectivity index (χ0) is 16.8. The minimum absolute atomic E-state index is 0.184. The van der Waals surface area contributed by atoms with E-state index in [9.17, 15) is 9.46 Å². The Morgan fingerprint density at radius 2 is 1.38 bits per heavy atom. The lowest BCUT2D eigenvalue weighted by atomic mass is 9.90. The fraction of sp³-hybridized carbons (Fsp3) is 0.667. The molecule has 24 heavy (non-hydrogen) atoms. The third-order valence-electron chi connectivity index (χ3n) is 5.02. The second-order valence-corrected chi connectivity index (χ2v) is 8.12. The number of phosphoric ester groups is 1. The van der Waals surface area contributed by atoms with Crippen molar-refractivity contribution in [1.29, 1.82) is 0 Å². The Morgan fingerprint density at radius 3 is 1.88 bits per heavy atom. The predicted octanol–water partition coefficient (Wildman–Crippen LogP) is 4.43. The molecule has 5 nitrogen and oxygen atoms in total. The van der Waals surface area contributed by atoms with Crippen LogP contribution >= 0.6 is 7.82 Å². The van der Waals surface area contributed by atoms with Crippen molar-refractivity contribution < 1.29 is 18.6 Å². The highest BCUT2D eigenvalue weighted by atomic mass is 31.2. The van der Waals surface area contributed by atoms with Crippen molar-refractivity contribution in [3.05, 3.63) is 30.3 Å². The molecule has 0 amide bonds. The van der Waals surface area contributed by atoms with Crippen LogP contribution in [-0.2, 0) is 9.19 Å². The van der Waals surface area contributed by atoms with E-state index < -0.39 is 7.82 Å². The number of nitrogens with zero attached hydrogens (tertiary/aromatic N) is 1. The van der Waals surface area contributed by atoms with Crippen molar-refractivity contribution in [3.8, 4) is 5.75 Å². The van der Waals surface area contributed by atoms with Crippen molar-refractivity contribution in [2.45, 2.75) is 76.3 Å². The third-order valence-corrected chi connectivity index (χ3v) is 5.85. The van der Waals surface area contributed by atoms with Crippen molar-refractivity contribution >= 4 is 7.82 Å².